The number of nitrogens with zero attached hydrogens (tertiary/aromatic N) is 2. The molecule has 4 rings (SSSR count). The fourth-order valence-corrected chi connectivity index (χ4v) is 3.90. The van der Waals surface area contributed by atoms with E-state index in [2.05, 4.69) is 41.8 Å². The molecule has 0 saturated carbocycles. The van der Waals surface area contributed by atoms with Gasteiger partial charge >= 0.3 is 0 Å². The Kier molecular flexibility index (Phi) is 7.31. The van der Waals surface area contributed by atoms with E-state index in [1.54, 1.807) is 18.2 Å². The lowest BCUT2D eigenvalue weighted by atomic mass is 10.1. The van der Waals surface area contributed by atoms with Gasteiger partial charge in [0.25, 0.3) is 11.8 Å². The molecule has 0 bridgehead atoms. The van der Waals surface area contributed by atoms with Crippen molar-refractivity contribution in [3.63, 3.8) is 0 Å². The summed E-state index contributed by atoms with van der Waals surface area (Å²) in [4.78, 5) is 34.0. The summed E-state index contributed by atoms with van der Waals surface area (Å²) in [6, 6.07) is 14.8. The number of hydrogen-bond donors (Lipinski definition) is 4. The van der Waals surface area contributed by atoms with Crippen LogP contribution in [0.1, 0.15) is 39.3 Å². The molecule has 2 amide bonds. The van der Waals surface area contributed by atoms with Crippen LogP contribution >= 0.6 is 15.9 Å². The summed E-state index contributed by atoms with van der Waals surface area (Å²) in [7, 11) is 0. The summed E-state index contributed by atoms with van der Waals surface area (Å²) in [6.07, 6.45) is 3.42. The summed E-state index contributed by atoms with van der Waals surface area (Å²) in [5.41, 5.74) is 8.65. The maximum Gasteiger partial charge on any atom is 0.274 e. The van der Waals surface area contributed by atoms with Gasteiger partial charge in [0.1, 0.15) is 0 Å². The fraction of sp³-hybridized carbons (Fsp3) is 0.250. The van der Waals surface area contributed by atoms with E-state index >= 15 is 0 Å². The van der Waals surface area contributed by atoms with Crippen LogP contribution in [0.15, 0.2) is 59.2 Å². The highest BCUT2D eigenvalue weighted by molar-refractivity contribution is 9.10. The van der Waals surface area contributed by atoms with Crippen molar-refractivity contribution < 1.29 is 9.59 Å². The predicted molar refractivity (Wildman–Crippen MR) is 131 cm³/mol. The molecule has 9 heteroatoms. The van der Waals surface area contributed by atoms with Gasteiger partial charge in [-0.2, -0.15) is 0 Å². The fourth-order valence-electron chi connectivity index (χ4n) is 3.64. The second kappa shape index (κ2) is 10.5. The van der Waals surface area contributed by atoms with Crippen LogP contribution < -0.4 is 21.7 Å². The number of carbonyl (C=O) groups is 2. The zero-order chi connectivity index (χ0) is 23.2. The monoisotopic (exact) mass is 508 g/mol. The number of amides is 2. The van der Waals surface area contributed by atoms with Crippen molar-refractivity contribution in [1.82, 2.24) is 25.9 Å². The third-order valence-corrected chi connectivity index (χ3v) is 5.96. The molecule has 1 atom stereocenters. The average Bonchev–Trinajstić information content (AvgIpc) is 2.84. The highest BCUT2D eigenvalue weighted by Crippen LogP contribution is 2.20. The van der Waals surface area contributed by atoms with E-state index in [1.807, 2.05) is 30.3 Å². The Balaban J connectivity index is 1.48. The second-order valence-electron chi connectivity index (χ2n) is 7.90. The first-order chi connectivity index (χ1) is 16.0. The van der Waals surface area contributed by atoms with E-state index in [0.717, 1.165) is 36.0 Å². The summed E-state index contributed by atoms with van der Waals surface area (Å²) in [5.74, 6) is -0.478. The van der Waals surface area contributed by atoms with Gasteiger partial charge in [0.15, 0.2) is 11.5 Å². The Hall–Kier alpha value is -3.30. The van der Waals surface area contributed by atoms with Crippen molar-refractivity contribution in [2.75, 3.05) is 18.8 Å². The third-order valence-electron chi connectivity index (χ3n) is 5.43. The maximum atomic E-state index is 12.7. The molecule has 2 heterocycles. The zero-order valence-electron chi connectivity index (χ0n) is 18.0. The molecule has 0 spiro atoms. The molecule has 1 aromatic heterocycles. The van der Waals surface area contributed by atoms with E-state index in [0.29, 0.717) is 23.4 Å². The molecule has 33 heavy (non-hydrogen) atoms. The van der Waals surface area contributed by atoms with Crippen LogP contribution in [0, 0.1) is 0 Å². The van der Waals surface area contributed by atoms with E-state index in [-0.39, 0.29) is 29.4 Å². The van der Waals surface area contributed by atoms with Crippen molar-refractivity contribution in [3.8, 4) is 11.3 Å². The highest BCUT2D eigenvalue weighted by Gasteiger charge is 2.20. The number of aromatic nitrogens is 2. The van der Waals surface area contributed by atoms with Gasteiger partial charge in [-0.25, -0.2) is 9.97 Å². The number of halogens is 1. The number of piperidine rings is 1. The Morgan fingerprint density at radius 3 is 2.73 bits per heavy atom. The van der Waals surface area contributed by atoms with E-state index in [4.69, 9.17) is 5.73 Å². The number of nitrogens with two attached hydrogens (primary N) is 1. The molecular weight excluding hydrogens is 484 g/mol. The van der Waals surface area contributed by atoms with Crippen LogP contribution in [0.5, 0.6) is 0 Å². The van der Waals surface area contributed by atoms with Gasteiger partial charge < -0.3 is 21.7 Å². The van der Waals surface area contributed by atoms with E-state index in [1.165, 1.54) is 6.20 Å². The molecule has 5 N–H and O–H groups in total. The summed E-state index contributed by atoms with van der Waals surface area (Å²) in [5, 5.41) is 9.15. The number of benzene rings is 2. The quantitative estimate of drug-likeness (QED) is 0.406. The summed E-state index contributed by atoms with van der Waals surface area (Å²) >= 11 is 3.40. The molecule has 3 aromatic rings. The average molecular weight is 509 g/mol. The van der Waals surface area contributed by atoms with E-state index in [9.17, 15) is 9.59 Å². The van der Waals surface area contributed by atoms with Gasteiger partial charge in [-0.3, -0.25) is 9.59 Å². The minimum Gasteiger partial charge on any atom is -0.382 e. The van der Waals surface area contributed by atoms with Gasteiger partial charge in [-0.1, -0.05) is 40.2 Å². The third kappa shape index (κ3) is 5.94. The molecule has 0 aliphatic carbocycles. The Morgan fingerprint density at radius 1 is 1.15 bits per heavy atom. The summed E-state index contributed by atoms with van der Waals surface area (Å²) < 4.78 is 0.985. The number of rotatable bonds is 6. The predicted octanol–water partition coefficient (Wildman–Crippen LogP) is 2.90. The van der Waals surface area contributed by atoms with Crippen molar-refractivity contribution in [1.29, 1.82) is 0 Å². The molecule has 8 nitrogen and oxygen atoms in total. The Morgan fingerprint density at radius 2 is 1.97 bits per heavy atom. The van der Waals surface area contributed by atoms with Crippen LogP contribution in [-0.2, 0) is 6.54 Å². The van der Waals surface area contributed by atoms with Crippen molar-refractivity contribution in [2.24, 2.45) is 0 Å². The van der Waals surface area contributed by atoms with Crippen molar-refractivity contribution in [2.45, 2.75) is 25.4 Å². The maximum absolute atomic E-state index is 12.7. The van der Waals surface area contributed by atoms with Crippen molar-refractivity contribution >= 4 is 33.6 Å². The summed E-state index contributed by atoms with van der Waals surface area (Å²) in [6.45, 7) is 2.09. The lowest BCUT2D eigenvalue weighted by Crippen LogP contribution is -2.46. The largest absolute Gasteiger partial charge is 0.382 e. The molecule has 0 radical (unpaired) electrons. The van der Waals surface area contributed by atoms with Crippen molar-refractivity contribution in [3.05, 3.63) is 76.0 Å². The van der Waals surface area contributed by atoms with Crippen LogP contribution in [0.2, 0.25) is 0 Å². The topological polar surface area (TPSA) is 122 Å². The highest BCUT2D eigenvalue weighted by atomic mass is 79.9. The molecule has 1 unspecified atom stereocenters. The Bertz CT molecular complexity index is 1150. The van der Waals surface area contributed by atoms with Gasteiger partial charge in [-0.15, -0.1) is 0 Å². The molecule has 1 fully saturated rings. The lowest BCUT2D eigenvalue weighted by molar-refractivity contribution is 0.0923. The number of anilines is 1. The normalized spacial score (nSPS) is 15.6. The number of carbonyl (C=O) groups excluding carboxylic acids is 2. The standard InChI is InChI=1S/C24H25BrN6O2/c25-18-8-6-15(7-9-18)12-29-23(32)17-4-1-3-16(11-17)20-14-28-22(26)21(31-20)24(33)30-19-5-2-10-27-13-19/h1,3-4,6-9,11,14,19,27H,2,5,10,12-13H2,(H2,26,28)(H,29,32)(H,30,33). The van der Waals surface area contributed by atoms with Gasteiger partial charge in [0, 0.05) is 34.7 Å². The van der Waals surface area contributed by atoms with E-state index < -0.39 is 0 Å². The first-order valence-corrected chi connectivity index (χ1v) is 11.6. The van der Waals surface area contributed by atoms with Gasteiger partial charge in [0.05, 0.1) is 11.9 Å². The molecule has 1 saturated heterocycles. The van der Waals surface area contributed by atoms with Gasteiger partial charge in [0.2, 0.25) is 0 Å². The minimum absolute atomic E-state index is 0.0360. The molecule has 1 aliphatic rings. The van der Waals surface area contributed by atoms with Crippen LogP contribution in [0.4, 0.5) is 5.82 Å². The number of hydrogen-bond acceptors (Lipinski definition) is 6. The zero-order valence-corrected chi connectivity index (χ0v) is 19.6. The smallest absolute Gasteiger partial charge is 0.274 e. The molecule has 170 valence electrons. The molecule has 2 aromatic carbocycles. The number of nitrogen functional groups attached to an aromatic ring is 1. The SMILES string of the molecule is Nc1ncc(-c2cccc(C(=O)NCc3ccc(Br)cc3)c2)nc1C(=O)NC1CCCNC1. The van der Waals surface area contributed by atoms with Crippen LogP contribution in [-0.4, -0.2) is 40.9 Å². The Labute approximate surface area is 200 Å². The van der Waals surface area contributed by atoms with Crippen LogP contribution in [0.25, 0.3) is 11.3 Å². The van der Waals surface area contributed by atoms with Crippen LogP contribution in [0.3, 0.4) is 0 Å². The number of nitrogens with one attached hydrogen (secondary N) is 3. The first-order valence-electron chi connectivity index (χ1n) is 10.8. The first kappa shape index (κ1) is 22.9. The lowest BCUT2D eigenvalue weighted by Gasteiger charge is -2.23. The van der Waals surface area contributed by atoms with Gasteiger partial charge in [-0.05, 0) is 49.2 Å². The molecular formula is C24H25BrN6O2. The minimum atomic E-state index is -0.348. The second-order valence-corrected chi connectivity index (χ2v) is 8.81. The molecule has 1 aliphatic heterocycles.